The average molecular weight is 307 g/mol. The van der Waals surface area contributed by atoms with E-state index < -0.39 is 5.54 Å². The zero-order valence-electron chi connectivity index (χ0n) is 13.6. The summed E-state index contributed by atoms with van der Waals surface area (Å²) in [7, 11) is 4.08. The minimum Gasteiger partial charge on any atom is -0.323 e. The average Bonchev–Trinajstić information content (AvgIpc) is 2.71. The van der Waals surface area contributed by atoms with Gasteiger partial charge in [-0.05, 0) is 33.9 Å². The van der Waals surface area contributed by atoms with Gasteiger partial charge in [0.15, 0.2) is 0 Å². The van der Waals surface area contributed by atoms with E-state index in [1.54, 1.807) is 6.92 Å². The Hall–Kier alpha value is -1.65. The number of urea groups is 1. The van der Waals surface area contributed by atoms with Crippen LogP contribution < -0.4 is 5.32 Å². The Kier molecular flexibility index (Phi) is 5.04. The normalized spacial score (nSPS) is 23.0. The van der Waals surface area contributed by atoms with E-state index in [-0.39, 0.29) is 24.4 Å². The second kappa shape index (κ2) is 6.63. The van der Waals surface area contributed by atoms with E-state index in [1.165, 1.54) is 4.90 Å². The zero-order chi connectivity index (χ0) is 16.3. The first kappa shape index (κ1) is 16.7. The quantitative estimate of drug-likeness (QED) is 0.728. The molecule has 7 nitrogen and oxygen atoms in total. The third-order valence-corrected chi connectivity index (χ3v) is 4.50. The molecule has 2 rings (SSSR count). The summed E-state index contributed by atoms with van der Waals surface area (Å²) < 4.78 is 0. The van der Waals surface area contributed by atoms with Gasteiger partial charge in [0, 0.05) is 32.7 Å². The van der Waals surface area contributed by atoms with Gasteiger partial charge in [-0.2, -0.15) is 5.26 Å². The van der Waals surface area contributed by atoms with Crippen molar-refractivity contribution in [1.29, 1.82) is 5.26 Å². The van der Waals surface area contributed by atoms with E-state index >= 15 is 0 Å². The summed E-state index contributed by atoms with van der Waals surface area (Å²) in [5.74, 6) is -0.503. The summed E-state index contributed by atoms with van der Waals surface area (Å²) in [6.07, 6.45) is 1.28. The first-order valence-electron chi connectivity index (χ1n) is 7.79. The van der Waals surface area contributed by atoms with Crippen LogP contribution in [0.25, 0.3) is 0 Å². The first-order chi connectivity index (χ1) is 10.4. The molecule has 2 aliphatic rings. The van der Waals surface area contributed by atoms with Crippen LogP contribution in [0, 0.1) is 17.2 Å². The molecule has 2 fully saturated rings. The lowest BCUT2D eigenvalue weighted by Crippen LogP contribution is -2.55. The van der Waals surface area contributed by atoms with Gasteiger partial charge in [0.1, 0.15) is 5.54 Å². The summed E-state index contributed by atoms with van der Waals surface area (Å²) >= 11 is 0. The third kappa shape index (κ3) is 3.39. The number of carbonyl (C=O) groups is 2. The smallest absolute Gasteiger partial charge is 0.323 e. The first-order valence-corrected chi connectivity index (χ1v) is 7.79. The molecule has 0 aromatic rings. The zero-order valence-corrected chi connectivity index (χ0v) is 13.6. The number of amides is 3. The third-order valence-electron chi connectivity index (χ3n) is 4.50. The highest BCUT2D eigenvalue weighted by atomic mass is 16.2. The molecule has 1 unspecified atom stereocenters. The maximum Gasteiger partial charge on any atom is 0.325 e. The molecule has 122 valence electrons. The number of rotatable bonds is 5. The number of likely N-dealkylation sites (N-methyl/N-ethyl adjacent to an activating group) is 1. The van der Waals surface area contributed by atoms with Crippen molar-refractivity contribution in [2.45, 2.75) is 25.3 Å². The molecule has 2 heterocycles. The number of imide groups is 1. The maximum absolute atomic E-state index is 12.6. The number of carbonyl (C=O) groups excluding carboxylic acids is 2. The van der Waals surface area contributed by atoms with E-state index in [1.807, 2.05) is 14.1 Å². The van der Waals surface area contributed by atoms with E-state index in [0.29, 0.717) is 12.8 Å². The minimum absolute atomic E-state index is 0.160. The maximum atomic E-state index is 12.6. The molecule has 1 atom stereocenters. The Balaban J connectivity index is 1.95. The highest BCUT2D eigenvalue weighted by molar-refractivity contribution is 6.07. The molecule has 0 aliphatic carbocycles. The van der Waals surface area contributed by atoms with Gasteiger partial charge in [-0.3, -0.25) is 9.69 Å². The fourth-order valence-electron chi connectivity index (χ4n) is 3.00. The summed E-state index contributed by atoms with van der Waals surface area (Å²) in [4.78, 5) is 30.4. The van der Waals surface area contributed by atoms with Gasteiger partial charge >= 0.3 is 6.03 Å². The van der Waals surface area contributed by atoms with Gasteiger partial charge in [-0.25, -0.2) is 4.79 Å². The van der Waals surface area contributed by atoms with Crippen LogP contribution in [0.15, 0.2) is 0 Å². The number of nitriles is 1. The van der Waals surface area contributed by atoms with Crippen molar-refractivity contribution in [2.75, 3.05) is 46.8 Å². The van der Waals surface area contributed by atoms with Gasteiger partial charge in [0.2, 0.25) is 0 Å². The fourth-order valence-corrected chi connectivity index (χ4v) is 3.00. The number of nitrogens with zero attached hydrogens (tertiary/aromatic N) is 4. The minimum atomic E-state index is -0.749. The predicted molar refractivity (Wildman–Crippen MR) is 82.0 cm³/mol. The molecule has 2 saturated heterocycles. The van der Waals surface area contributed by atoms with Crippen LogP contribution in [-0.4, -0.2) is 79.0 Å². The van der Waals surface area contributed by atoms with Gasteiger partial charge in [-0.15, -0.1) is 0 Å². The molecule has 0 saturated carbocycles. The van der Waals surface area contributed by atoms with Gasteiger partial charge < -0.3 is 15.1 Å². The molecule has 0 aromatic carbocycles. The molecule has 0 bridgehead atoms. The number of piperidine rings is 1. The molecule has 7 heteroatoms. The van der Waals surface area contributed by atoms with Crippen molar-refractivity contribution in [3.8, 4) is 6.07 Å². The molecule has 0 aromatic heterocycles. The summed E-state index contributed by atoms with van der Waals surface area (Å²) in [5, 5.41) is 11.8. The second-order valence-electron chi connectivity index (χ2n) is 6.60. The summed E-state index contributed by atoms with van der Waals surface area (Å²) in [5.41, 5.74) is -0.749. The van der Waals surface area contributed by atoms with Crippen LogP contribution in [-0.2, 0) is 4.79 Å². The monoisotopic (exact) mass is 307 g/mol. The van der Waals surface area contributed by atoms with Crippen LogP contribution in [0.3, 0.4) is 0 Å². The van der Waals surface area contributed by atoms with E-state index in [2.05, 4.69) is 21.2 Å². The standard InChI is InChI=1S/C15H25N5O2/c1-12(10-16)11-20-13(21)15(17-14(20)22)4-6-19(7-5-15)9-8-18(2)3/h12H,4-9,11H2,1-3H3,(H,17,22). The molecule has 2 aliphatic heterocycles. The Morgan fingerprint density at radius 2 is 2.00 bits per heavy atom. The van der Waals surface area contributed by atoms with Crippen molar-refractivity contribution in [3.05, 3.63) is 0 Å². The Labute approximate surface area is 131 Å². The SMILES string of the molecule is CC(C#N)CN1C(=O)NC2(CCN(CCN(C)C)CC2)C1=O. The molecular formula is C15H25N5O2. The fraction of sp³-hybridized carbons (Fsp3) is 0.800. The van der Waals surface area contributed by atoms with Crippen molar-refractivity contribution >= 4 is 11.9 Å². The van der Waals surface area contributed by atoms with Gasteiger partial charge in [0.25, 0.3) is 5.91 Å². The van der Waals surface area contributed by atoms with Crippen LogP contribution >= 0.6 is 0 Å². The van der Waals surface area contributed by atoms with Crippen molar-refractivity contribution in [3.63, 3.8) is 0 Å². The Morgan fingerprint density at radius 1 is 1.36 bits per heavy atom. The number of hydrogen-bond donors (Lipinski definition) is 1. The van der Waals surface area contributed by atoms with Gasteiger partial charge in [0.05, 0.1) is 12.0 Å². The lowest BCUT2D eigenvalue weighted by Gasteiger charge is -2.37. The highest BCUT2D eigenvalue weighted by Gasteiger charge is 2.52. The number of nitrogens with one attached hydrogen (secondary N) is 1. The van der Waals surface area contributed by atoms with Crippen molar-refractivity contribution in [2.24, 2.45) is 5.92 Å². The van der Waals surface area contributed by atoms with Crippen LogP contribution in [0.1, 0.15) is 19.8 Å². The largest absolute Gasteiger partial charge is 0.325 e. The molecular weight excluding hydrogens is 282 g/mol. The van der Waals surface area contributed by atoms with Crippen LogP contribution in [0.5, 0.6) is 0 Å². The Bertz CT molecular complexity index is 477. The van der Waals surface area contributed by atoms with Crippen LogP contribution in [0.4, 0.5) is 4.79 Å². The topological polar surface area (TPSA) is 79.7 Å². The van der Waals surface area contributed by atoms with E-state index in [0.717, 1.165) is 26.2 Å². The molecule has 1 N–H and O–H groups in total. The second-order valence-corrected chi connectivity index (χ2v) is 6.60. The number of likely N-dealkylation sites (tertiary alicyclic amines) is 1. The number of hydrogen-bond acceptors (Lipinski definition) is 5. The van der Waals surface area contributed by atoms with E-state index in [9.17, 15) is 9.59 Å². The molecule has 22 heavy (non-hydrogen) atoms. The summed E-state index contributed by atoms with van der Waals surface area (Å²) in [6.45, 7) is 5.46. The van der Waals surface area contributed by atoms with Crippen molar-refractivity contribution < 1.29 is 9.59 Å². The van der Waals surface area contributed by atoms with Gasteiger partial charge in [-0.1, -0.05) is 0 Å². The van der Waals surface area contributed by atoms with E-state index in [4.69, 9.17) is 5.26 Å². The molecule has 1 spiro atoms. The predicted octanol–water partition coefficient (Wildman–Crippen LogP) is 0.0941. The summed E-state index contributed by atoms with van der Waals surface area (Å²) in [6, 6.07) is 1.72. The molecule has 0 radical (unpaired) electrons. The lowest BCUT2D eigenvalue weighted by molar-refractivity contribution is -0.133. The van der Waals surface area contributed by atoms with Crippen molar-refractivity contribution in [1.82, 2.24) is 20.0 Å². The highest BCUT2D eigenvalue weighted by Crippen LogP contribution is 2.29. The Morgan fingerprint density at radius 3 is 2.55 bits per heavy atom. The molecule has 3 amide bonds. The lowest BCUT2D eigenvalue weighted by atomic mass is 9.87. The van der Waals surface area contributed by atoms with Crippen LogP contribution in [0.2, 0.25) is 0 Å².